The number of aryl methyl sites for hydroxylation is 1. The third kappa shape index (κ3) is 3.55. The molecule has 0 aromatic heterocycles. The van der Waals surface area contributed by atoms with Crippen molar-refractivity contribution in [2.75, 3.05) is 5.32 Å². The van der Waals surface area contributed by atoms with E-state index in [1.54, 1.807) is 0 Å². The summed E-state index contributed by atoms with van der Waals surface area (Å²) >= 11 is 12.0. The lowest BCUT2D eigenvalue weighted by molar-refractivity contribution is 1.41. The second kappa shape index (κ2) is 6.03. The van der Waals surface area contributed by atoms with E-state index < -0.39 is 0 Å². The maximum atomic E-state index is 5.74. The van der Waals surface area contributed by atoms with Crippen LogP contribution in [0.25, 0.3) is 0 Å². The Bertz CT molecular complexity index is 641. The first-order valence-electron chi connectivity index (χ1n) is 5.60. The molecule has 2 nitrogen and oxygen atoms in total. The molecule has 3 N–H and O–H groups in total. The number of anilines is 2. The largest absolute Gasteiger partial charge is 0.389 e. The van der Waals surface area contributed by atoms with Gasteiger partial charge in [0.15, 0.2) is 0 Å². The summed E-state index contributed by atoms with van der Waals surface area (Å²) in [5.41, 5.74) is 9.63. The van der Waals surface area contributed by atoms with Crippen molar-refractivity contribution in [1.29, 1.82) is 0 Å². The lowest BCUT2D eigenvalue weighted by Crippen LogP contribution is -2.11. The quantitative estimate of drug-likeness (QED) is 0.721. The zero-order valence-electron chi connectivity index (χ0n) is 10.2. The van der Waals surface area contributed by atoms with Gasteiger partial charge in [0, 0.05) is 25.9 Å². The predicted molar refractivity (Wildman–Crippen MR) is 92.2 cm³/mol. The zero-order chi connectivity index (χ0) is 14.0. The van der Waals surface area contributed by atoms with Crippen molar-refractivity contribution < 1.29 is 0 Å². The molecule has 98 valence electrons. The monoisotopic (exact) mass is 398 g/mol. The summed E-state index contributed by atoms with van der Waals surface area (Å²) in [4.78, 5) is 0.379. The van der Waals surface area contributed by atoms with Gasteiger partial charge in [-0.25, -0.2) is 0 Å². The van der Waals surface area contributed by atoms with Gasteiger partial charge in [0.1, 0.15) is 4.99 Å². The van der Waals surface area contributed by atoms with Crippen LogP contribution < -0.4 is 11.1 Å². The highest BCUT2D eigenvalue weighted by molar-refractivity contribution is 9.10. The number of nitrogens with two attached hydrogens (primary N) is 1. The molecule has 0 aliphatic rings. The molecule has 0 fully saturated rings. The molecule has 2 rings (SSSR count). The van der Waals surface area contributed by atoms with E-state index >= 15 is 0 Å². The Morgan fingerprint density at radius 3 is 2.53 bits per heavy atom. The Hall–Kier alpha value is -0.910. The van der Waals surface area contributed by atoms with Crippen LogP contribution in [-0.4, -0.2) is 4.99 Å². The first-order valence-corrected chi connectivity index (χ1v) is 7.59. The molecule has 0 saturated carbocycles. The first kappa shape index (κ1) is 14.5. The Morgan fingerprint density at radius 1 is 1.16 bits per heavy atom. The van der Waals surface area contributed by atoms with Gasteiger partial charge in [-0.05, 0) is 48.9 Å². The SMILES string of the molecule is Cc1cc(Nc2cc(Br)ccc2C(N)=S)ccc1Br. The summed E-state index contributed by atoms with van der Waals surface area (Å²) in [6.45, 7) is 2.05. The molecule has 0 bridgehead atoms. The van der Waals surface area contributed by atoms with Crippen LogP contribution >= 0.6 is 44.1 Å². The molecule has 19 heavy (non-hydrogen) atoms. The summed E-state index contributed by atoms with van der Waals surface area (Å²) in [5.74, 6) is 0. The van der Waals surface area contributed by atoms with Gasteiger partial charge in [-0.2, -0.15) is 0 Å². The van der Waals surface area contributed by atoms with Crippen LogP contribution in [0, 0.1) is 6.92 Å². The minimum Gasteiger partial charge on any atom is -0.389 e. The normalized spacial score (nSPS) is 10.3. The van der Waals surface area contributed by atoms with E-state index in [1.165, 1.54) is 0 Å². The van der Waals surface area contributed by atoms with Crippen molar-refractivity contribution in [1.82, 2.24) is 0 Å². The summed E-state index contributed by atoms with van der Waals surface area (Å²) in [5, 5.41) is 3.34. The molecule has 0 saturated heterocycles. The fourth-order valence-corrected chi connectivity index (χ4v) is 2.50. The van der Waals surface area contributed by atoms with Gasteiger partial charge >= 0.3 is 0 Å². The molecular weight excluding hydrogens is 388 g/mol. The second-order valence-electron chi connectivity index (χ2n) is 4.14. The Morgan fingerprint density at radius 2 is 1.89 bits per heavy atom. The van der Waals surface area contributed by atoms with Gasteiger partial charge in [0.2, 0.25) is 0 Å². The van der Waals surface area contributed by atoms with E-state index in [9.17, 15) is 0 Å². The second-order valence-corrected chi connectivity index (χ2v) is 6.35. The van der Waals surface area contributed by atoms with Crippen LogP contribution in [0.1, 0.15) is 11.1 Å². The molecule has 0 heterocycles. The molecule has 2 aromatic rings. The van der Waals surface area contributed by atoms with Crippen molar-refractivity contribution in [2.24, 2.45) is 5.73 Å². The number of hydrogen-bond donors (Lipinski definition) is 2. The topological polar surface area (TPSA) is 38.0 Å². The summed E-state index contributed by atoms with van der Waals surface area (Å²) in [6, 6.07) is 11.9. The average Bonchev–Trinajstić information content (AvgIpc) is 2.33. The highest BCUT2D eigenvalue weighted by Gasteiger charge is 2.07. The van der Waals surface area contributed by atoms with Gasteiger partial charge in [-0.1, -0.05) is 44.1 Å². The number of halogens is 2. The van der Waals surface area contributed by atoms with Crippen LogP contribution in [0.3, 0.4) is 0 Å². The van der Waals surface area contributed by atoms with E-state index in [2.05, 4.69) is 43.2 Å². The Labute approximate surface area is 134 Å². The average molecular weight is 400 g/mol. The van der Waals surface area contributed by atoms with E-state index in [-0.39, 0.29) is 0 Å². The zero-order valence-corrected chi connectivity index (χ0v) is 14.2. The first-order chi connectivity index (χ1) is 8.97. The minimum absolute atomic E-state index is 0.379. The summed E-state index contributed by atoms with van der Waals surface area (Å²) < 4.78 is 2.06. The molecule has 0 unspecified atom stereocenters. The van der Waals surface area contributed by atoms with Crippen LogP contribution in [0.15, 0.2) is 45.3 Å². The number of benzene rings is 2. The van der Waals surface area contributed by atoms with Crippen LogP contribution in [0.4, 0.5) is 11.4 Å². The minimum atomic E-state index is 0.379. The highest BCUT2D eigenvalue weighted by Crippen LogP contribution is 2.27. The summed E-state index contributed by atoms with van der Waals surface area (Å²) in [7, 11) is 0. The Kier molecular flexibility index (Phi) is 4.60. The van der Waals surface area contributed by atoms with Crippen molar-refractivity contribution in [2.45, 2.75) is 6.92 Å². The van der Waals surface area contributed by atoms with Crippen molar-refractivity contribution in [3.05, 3.63) is 56.5 Å². The standard InChI is InChI=1S/C14H12Br2N2S/c1-8-6-10(3-5-12(8)16)18-13-7-9(15)2-4-11(13)14(17)19/h2-7,18H,1H3,(H2,17,19). The maximum absolute atomic E-state index is 5.74. The smallest absolute Gasteiger partial charge is 0.106 e. The number of rotatable bonds is 3. The van der Waals surface area contributed by atoms with E-state index in [4.69, 9.17) is 18.0 Å². The lowest BCUT2D eigenvalue weighted by atomic mass is 10.1. The molecular formula is C14H12Br2N2S. The molecule has 0 radical (unpaired) electrons. The van der Waals surface area contributed by atoms with Crippen LogP contribution in [-0.2, 0) is 0 Å². The van der Waals surface area contributed by atoms with E-state index in [0.717, 1.165) is 31.4 Å². The molecule has 0 aliphatic carbocycles. The van der Waals surface area contributed by atoms with Gasteiger partial charge in [0.25, 0.3) is 0 Å². The fourth-order valence-electron chi connectivity index (χ4n) is 1.71. The lowest BCUT2D eigenvalue weighted by Gasteiger charge is -2.12. The third-order valence-electron chi connectivity index (χ3n) is 2.68. The fraction of sp³-hybridized carbons (Fsp3) is 0.0714. The molecule has 0 spiro atoms. The van der Waals surface area contributed by atoms with E-state index in [1.807, 2.05) is 37.3 Å². The Balaban J connectivity index is 2.39. The van der Waals surface area contributed by atoms with Gasteiger partial charge in [0.05, 0.1) is 0 Å². The molecule has 5 heteroatoms. The number of nitrogens with one attached hydrogen (secondary N) is 1. The van der Waals surface area contributed by atoms with Crippen molar-refractivity contribution >= 4 is 60.4 Å². The summed E-state index contributed by atoms with van der Waals surface area (Å²) in [6.07, 6.45) is 0. The predicted octanol–water partition coefficient (Wildman–Crippen LogP) is 4.90. The van der Waals surface area contributed by atoms with Crippen molar-refractivity contribution in [3.63, 3.8) is 0 Å². The van der Waals surface area contributed by atoms with Gasteiger partial charge < -0.3 is 11.1 Å². The van der Waals surface area contributed by atoms with Crippen molar-refractivity contribution in [3.8, 4) is 0 Å². The molecule has 0 atom stereocenters. The maximum Gasteiger partial charge on any atom is 0.106 e. The van der Waals surface area contributed by atoms with Gasteiger partial charge in [-0.15, -0.1) is 0 Å². The number of hydrogen-bond acceptors (Lipinski definition) is 2. The molecule has 0 amide bonds. The highest BCUT2D eigenvalue weighted by atomic mass is 79.9. The molecule has 2 aromatic carbocycles. The van der Waals surface area contributed by atoms with Crippen LogP contribution in [0.5, 0.6) is 0 Å². The molecule has 0 aliphatic heterocycles. The van der Waals surface area contributed by atoms with Gasteiger partial charge in [-0.3, -0.25) is 0 Å². The number of thiocarbonyl (C=S) groups is 1. The third-order valence-corrected chi connectivity index (χ3v) is 4.29. The van der Waals surface area contributed by atoms with Crippen LogP contribution in [0.2, 0.25) is 0 Å². The van der Waals surface area contributed by atoms with E-state index in [0.29, 0.717) is 4.99 Å².